The summed E-state index contributed by atoms with van der Waals surface area (Å²) in [5.74, 6) is -1.11. The number of carbonyl (C=O) groups excluding carboxylic acids is 1. The van der Waals surface area contributed by atoms with Gasteiger partial charge < -0.3 is 15.3 Å². The van der Waals surface area contributed by atoms with Crippen LogP contribution in [0.1, 0.15) is 40.5 Å². The van der Waals surface area contributed by atoms with Crippen LogP contribution in [0.2, 0.25) is 0 Å². The topological polar surface area (TPSA) is 69.6 Å². The Bertz CT molecular complexity index is 365. The van der Waals surface area contributed by atoms with E-state index in [2.05, 4.69) is 5.32 Å². The lowest BCUT2D eigenvalue weighted by Gasteiger charge is -2.29. The molecule has 0 rings (SSSR count). The quantitative estimate of drug-likeness (QED) is 0.792. The number of carbonyl (C=O) groups is 2. The van der Waals surface area contributed by atoms with Crippen LogP contribution >= 0.6 is 0 Å². The van der Waals surface area contributed by atoms with Crippen molar-refractivity contribution in [2.75, 3.05) is 13.1 Å². The van der Waals surface area contributed by atoms with Crippen molar-refractivity contribution in [3.63, 3.8) is 0 Å². The third kappa shape index (κ3) is 9.97. The Morgan fingerprint density at radius 2 is 1.76 bits per heavy atom. The lowest BCUT2D eigenvalue weighted by molar-refractivity contribution is -0.140. The first-order valence-corrected chi connectivity index (χ1v) is 6.68. The Labute approximate surface area is 122 Å². The zero-order valence-corrected chi connectivity index (χ0v) is 12.8. The van der Waals surface area contributed by atoms with Crippen LogP contribution in [0.5, 0.6) is 0 Å². The molecule has 0 aliphatic rings. The first kappa shape index (κ1) is 19.5. The fourth-order valence-electron chi connectivity index (χ4n) is 1.93. The van der Waals surface area contributed by atoms with Gasteiger partial charge in [0.25, 0.3) is 0 Å². The van der Waals surface area contributed by atoms with Gasteiger partial charge in [0.2, 0.25) is 0 Å². The van der Waals surface area contributed by atoms with Gasteiger partial charge in [-0.05, 0) is 18.8 Å². The van der Waals surface area contributed by atoms with Crippen molar-refractivity contribution in [1.82, 2.24) is 10.2 Å². The van der Waals surface area contributed by atoms with Crippen LogP contribution in [0.15, 0.2) is 0 Å². The van der Waals surface area contributed by atoms with Crippen LogP contribution in [0.25, 0.3) is 0 Å². The number of hydrogen-bond donors (Lipinski definition) is 2. The van der Waals surface area contributed by atoms with Crippen LogP contribution in [-0.2, 0) is 4.79 Å². The molecule has 0 saturated carbocycles. The second-order valence-corrected chi connectivity index (χ2v) is 6.14. The van der Waals surface area contributed by atoms with E-state index >= 15 is 0 Å². The van der Waals surface area contributed by atoms with Gasteiger partial charge in [0.15, 0.2) is 0 Å². The zero-order valence-electron chi connectivity index (χ0n) is 12.8. The third-order valence-electron chi connectivity index (χ3n) is 2.65. The number of nitrogens with one attached hydrogen (secondary N) is 1. The summed E-state index contributed by atoms with van der Waals surface area (Å²) in [5.41, 5.74) is -0.255. The van der Waals surface area contributed by atoms with E-state index < -0.39 is 30.8 Å². The van der Waals surface area contributed by atoms with Crippen molar-refractivity contribution in [3.8, 4) is 0 Å². The van der Waals surface area contributed by atoms with Crippen molar-refractivity contribution < 1.29 is 27.9 Å². The minimum atomic E-state index is -4.49. The summed E-state index contributed by atoms with van der Waals surface area (Å²) < 4.78 is 37.1. The maximum Gasteiger partial charge on any atom is 0.406 e. The van der Waals surface area contributed by atoms with E-state index in [0.717, 1.165) is 0 Å². The summed E-state index contributed by atoms with van der Waals surface area (Å²) in [6, 6.07) is -1.61. The van der Waals surface area contributed by atoms with Crippen molar-refractivity contribution in [3.05, 3.63) is 0 Å². The second-order valence-electron chi connectivity index (χ2n) is 6.14. The monoisotopic (exact) mass is 312 g/mol. The van der Waals surface area contributed by atoms with Gasteiger partial charge in [-0.2, -0.15) is 13.2 Å². The van der Waals surface area contributed by atoms with E-state index in [1.165, 1.54) is 6.92 Å². The number of amides is 2. The molecule has 0 saturated heterocycles. The molecule has 0 heterocycles. The van der Waals surface area contributed by atoms with E-state index in [1.807, 2.05) is 20.8 Å². The Balaban J connectivity index is 4.80. The maximum atomic E-state index is 12.4. The molecule has 0 aliphatic heterocycles. The standard InChI is InChI=1S/C13H23F3N2O3/c1-5-18(8-13(14,15)16)11(21)17-9(6-10(19)20)7-12(2,3)4/h9H,5-8H2,1-4H3,(H,17,21)(H,19,20). The summed E-state index contributed by atoms with van der Waals surface area (Å²) in [5, 5.41) is 11.2. The number of alkyl halides is 3. The van der Waals surface area contributed by atoms with Gasteiger partial charge >= 0.3 is 18.2 Å². The predicted molar refractivity (Wildman–Crippen MR) is 71.9 cm³/mol. The Morgan fingerprint density at radius 3 is 2.10 bits per heavy atom. The molecule has 5 nitrogen and oxygen atoms in total. The molecule has 2 amide bonds. The smallest absolute Gasteiger partial charge is 0.406 e. The highest BCUT2D eigenvalue weighted by molar-refractivity contribution is 5.76. The molecule has 0 radical (unpaired) electrons. The fourth-order valence-corrected chi connectivity index (χ4v) is 1.93. The number of carboxylic acids is 1. The summed E-state index contributed by atoms with van der Waals surface area (Å²) in [6.07, 6.45) is -4.46. The van der Waals surface area contributed by atoms with Crippen LogP contribution < -0.4 is 5.32 Å². The number of nitrogens with zero attached hydrogens (tertiary/aromatic N) is 1. The van der Waals surface area contributed by atoms with Gasteiger partial charge in [-0.15, -0.1) is 0 Å². The van der Waals surface area contributed by atoms with E-state index in [4.69, 9.17) is 5.11 Å². The zero-order chi connectivity index (χ0) is 16.8. The molecule has 21 heavy (non-hydrogen) atoms. The van der Waals surface area contributed by atoms with E-state index in [1.54, 1.807) is 0 Å². The van der Waals surface area contributed by atoms with Gasteiger partial charge in [-0.25, -0.2) is 4.79 Å². The molecule has 0 spiro atoms. The van der Waals surface area contributed by atoms with Gasteiger partial charge in [-0.1, -0.05) is 20.8 Å². The lowest BCUT2D eigenvalue weighted by atomic mass is 9.87. The summed E-state index contributed by atoms with van der Waals surface area (Å²) in [4.78, 5) is 23.3. The SMILES string of the molecule is CCN(CC(F)(F)F)C(=O)NC(CC(=O)O)CC(C)(C)C. The summed E-state index contributed by atoms with van der Waals surface area (Å²) in [7, 11) is 0. The Morgan fingerprint density at radius 1 is 1.24 bits per heavy atom. The highest BCUT2D eigenvalue weighted by Gasteiger charge is 2.33. The highest BCUT2D eigenvalue weighted by atomic mass is 19.4. The molecular formula is C13H23F3N2O3. The van der Waals surface area contributed by atoms with E-state index in [9.17, 15) is 22.8 Å². The molecule has 8 heteroatoms. The number of urea groups is 1. The number of carboxylic acid groups (broad SMARTS) is 1. The first-order valence-electron chi connectivity index (χ1n) is 6.68. The summed E-state index contributed by atoms with van der Waals surface area (Å²) >= 11 is 0. The van der Waals surface area contributed by atoms with Crippen LogP contribution in [0, 0.1) is 5.41 Å². The minimum absolute atomic E-state index is 0.110. The van der Waals surface area contributed by atoms with Gasteiger partial charge in [0.05, 0.1) is 6.42 Å². The summed E-state index contributed by atoms with van der Waals surface area (Å²) in [6.45, 7) is 5.55. The molecule has 0 aromatic heterocycles. The van der Waals surface area contributed by atoms with Gasteiger partial charge in [0, 0.05) is 12.6 Å². The molecule has 1 unspecified atom stereocenters. The van der Waals surface area contributed by atoms with Crippen LogP contribution in [0.3, 0.4) is 0 Å². The average molecular weight is 312 g/mol. The average Bonchev–Trinajstić information content (AvgIpc) is 2.20. The van der Waals surface area contributed by atoms with E-state index in [-0.39, 0.29) is 18.4 Å². The number of aliphatic carboxylic acids is 1. The largest absolute Gasteiger partial charge is 0.481 e. The molecule has 0 fully saturated rings. The predicted octanol–water partition coefficient (Wildman–Crippen LogP) is 2.86. The first-order chi connectivity index (χ1) is 9.34. The normalized spacial score (nSPS) is 13.7. The van der Waals surface area contributed by atoms with Crippen molar-refractivity contribution in [1.29, 1.82) is 0 Å². The van der Waals surface area contributed by atoms with E-state index in [0.29, 0.717) is 11.3 Å². The van der Waals surface area contributed by atoms with Crippen LogP contribution in [-0.4, -0.2) is 47.3 Å². The van der Waals surface area contributed by atoms with Gasteiger partial charge in [-0.3, -0.25) is 4.79 Å². The maximum absolute atomic E-state index is 12.4. The Kier molecular flexibility index (Phi) is 6.99. The number of rotatable bonds is 6. The van der Waals surface area contributed by atoms with Crippen LogP contribution in [0.4, 0.5) is 18.0 Å². The minimum Gasteiger partial charge on any atom is -0.481 e. The highest BCUT2D eigenvalue weighted by Crippen LogP contribution is 2.22. The van der Waals surface area contributed by atoms with Crippen molar-refractivity contribution in [2.24, 2.45) is 5.41 Å². The van der Waals surface area contributed by atoms with Crippen molar-refractivity contribution >= 4 is 12.0 Å². The molecule has 1 atom stereocenters. The molecular weight excluding hydrogens is 289 g/mol. The van der Waals surface area contributed by atoms with Gasteiger partial charge in [0.1, 0.15) is 6.54 Å². The molecule has 0 aromatic rings. The van der Waals surface area contributed by atoms with Crippen molar-refractivity contribution in [2.45, 2.75) is 52.8 Å². The molecule has 0 aromatic carbocycles. The molecule has 0 aliphatic carbocycles. The molecule has 124 valence electrons. The number of hydrogen-bond acceptors (Lipinski definition) is 2. The molecule has 2 N–H and O–H groups in total. The lowest BCUT2D eigenvalue weighted by Crippen LogP contribution is -2.49. The fraction of sp³-hybridized carbons (Fsp3) is 0.846. The third-order valence-corrected chi connectivity index (χ3v) is 2.65. The second kappa shape index (κ2) is 7.51. The Hall–Kier alpha value is -1.47. The number of halogens is 3. The molecule has 0 bridgehead atoms.